The van der Waals surface area contributed by atoms with E-state index >= 15 is 0 Å². The number of carbonyl (C=O) groups is 1. The standard InChI is InChI=1S/C17H26N4O2/c22-16(20-13-17(23)7-1-2-8-17)19-12-14-5-6-15(18-11-14)21-9-3-4-10-21/h5-6,11,23H,1-4,7-10,12-13H2,(H2,19,20,22). The van der Waals surface area contributed by atoms with E-state index in [2.05, 4.69) is 20.5 Å². The van der Waals surface area contributed by atoms with Gasteiger partial charge in [-0.2, -0.15) is 0 Å². The first kappa shape index (κ1) is 16.1. The van der Waals surface area contributed by atoms with Crippen molar-refractivity contribution in [3.05, 3.63) is 23.9 Å². The number of amides is 2. The lowest BCUT2D eigenvalue weighted by Crippen LogP contribution is -2.44. The molecule has 1 aliphatic heterocycles. The van der Waals surface area contributed by atoms with E-state index in [1.165, 1.54) is 12.8 Å². The third kappa shape index (κ3) is 4.34. The molecule has 2 aliphatic rings. The molecule has 2 amide bonds. The molecule has 0 spiro atoms. The van der Waals surface area contributed by atoms with Gasteiger partial charge >= 0.3 is 6.03 Å². The van der Waals surface area contributed by atoms with E-state index in [9.17, 15) is 9.90 Å². The van der Waals surface area contributed by atoms with Gasteiger partial charge in [-0.25, -0.2) is 9.78 Å². The van der Waals surface area contributed by atoms with Crippen LogP contribution in [0.4, 0.5) is 10.6 Å². The minimum absolute atomic E-state index is 0.242. The smallest absolute Gasteiger partial charge is 0.315 e. The van der Waals surface area contributed by atoms with Gasteiger partial charge < -0.3 is 20.6 Å². The van der Waals surface area contributed by atoms with Crippen molar-refractivity contribution in [2.45, 2.75) is 50.7 Å². The van der Waals surface area contributed by atoms with Crippen molar-refractivity contribution in [1.29, 1.82) is 0 Å². The molecule has 1 aromatic rings. The van der Waals surface area contributed by atoms with Crippen molar-refractivity contribution < 1.29 is 9.90 Å². The lowest BCUT2D eigenvalue weighted by Gasteiger charge is -2.22. The molecule has 2 heterocycles. The van der Waals surface area contributed by atoms with E-state index in [1.54, 1.807) is 0 Å². The van der Waals surface area contributed by atoms with Gasteiger partial charge in [0.1, 0.15) is 5.82 Å². The van der Waals surface area contributed by atoms with E-state index in [0.29, 0.717) is 13.1 Å². The maximum absolute atomic E-state index is 11.8. The Bertz CT molecular complexity index is 520. The maximum Gasteiger partial charge on any atom is 0.315 e. The molecule has 1 aliphatic carbocycles. The SMILES string of the molecule is O=C(NCc1ccc(N2CCCC2)nc1)NCC1(O)CCCC1. The van der Waals surface area contributed by atoms with Crippen molar-refractivity contribution in [1.82, 2.24) is 15.6 Å². The number of anilines is 1. The minimum atomic E-state index is -0.712. The third-order valence-corrected chi connectivity index (χ3v) is 4.80. The average Bonchev–Trinajstić information content (AvgIpc) is 3.24. The fourth-order valence-corrected chi connectivity index (χ4v) is 3.35. The van der Waals surface area contributed by atoms with Gasteiger partial charge in [0.2, 0.25) is 0 Å². The molecular weight excluding hydrogens is 292 g/mol. The maximum atomic E-state index is 11.8. The van der Waals surface area contributed by atoms with Crippen molar-refractivity contribution in [3.63, 3.8) is 0 Å². The van der Waals surface area contributed by atoms with Crippen LogP contribution in [0.25, 0.3) is 0 Å². The highest BCUT2D eigenvalue weighted by Gasteiger charge is 2.31. The van der Waals surface area contributed by atoms with Crippen LogP contribution in [0.3, 0.4) is 0 Å². The summed E-state index contributed by atoms with van der Waals surface area (Å²) in [5, 5.41) is 15.8. The minimum Gasteiger partial charge on any atom is -0.388 e. The van der Waals surface area contributed by atoms with Crippen molar-refractivity contribution in [3.8, 4) is 0 Å². The van der Waals surface area contributed by atoms with Gasteiger partial charge in [0.25, 0.3) is 0 Å². The molecule has 0 radical (unpaired) electrons. The van der Waals surface area contributed by atoms with Crippen LogP contribution < -0.4 is 15.5 Å². The van der Waals surface area contributed by atoms with E-state index in [-0.39, 0.29) is 6.03 Å². The summed E-state index contributed by atoms with van der Waals surface area (Å²) < 4.78 is 0. The second-order valence-corrected chi connectivity index (χ2v) is 6.69. The van der Waals surface area contributed by atoms with Crippen LogP contribution in [0.1, 0.15) is 44.1 Å². The van der Waals surface area contributed by atoms with Crippen molar-refractivity contribution in [2.75, 3.05) is 24.5 Å². The van der Waals surface area contributed by atoms with E-state index in [0.717, 1.165) is 50.2 Å². The van der Waals surface area contributed by atoms with E-state index < -0.39 is 5.60 Å². The van der Waals surface area contributed by atoms with Crippen LogP contribution in [-0.2, 0) is 6.54 Å². The zero-order valence-corrected chi connectivity index (χ0v) is 13.6. The summed E-state index contributed by atoms with van der Waals surface area (Å²) in [7, 11) is 0. The lowest BCUT2D eigenvalue weighted by atomic mass is 10.0. The number of carbonyl (C=O) groups excluding carboxylic acids is 1. The Kier molecular flexibility index (Phi) is 5.00. The largest absolute Gasteiger partial charge is 0.388 e. The Morgan fingerprint density at radius 1 is 1.17 bits per heavy atom. The number of nitrogens with one attached hydrogen (secondary N) is 2. The first-order valence-corrected chi connectivity index (χ1v) is 8.59. The summed E-state index contributed by atoms with van der Waals surface area (Å²) in [5.41, 5.74) is 0.263. The van der Waals surface area contributed by atoms with Crippen LogP contribution in [0.2, 0.25) is 0 Å². The van der Waals surface area contributed by atoms with Crippen molar-refractivity contribution >= 4 is 11.8 Å². The molecule has 1 aromatic heterocycles. The predicted octanol–water partition coefficient (Wildman–Crippen LogP) is 1.79. The van der Waals surface area contributed by atoms with Crippen LogP contribution in [-0.4, -0.2) is 41.4 Å². The number of hydrogen-bond donors (Lipinski definition) is 3. The van der Waals surface area contributed by atoms with Gasteiger partial charge in [0.05, 0.1) is 5.60 Å². The molecule has 2 fully saturated rings. The highest BCUT2D eigenvalue weighted by Crippen LogP contribution is 2.28. The second kappa shape index (κ2) is 7.17. The number of urea groups is 1. The normalized spacial score (nSPS) is 19.8. The first-order valence-electron chi connectivity index (χ1n) is 8.59. The molecule has 3 N–H and O–H groups in total. The molecule has 126 valence electrons. The molecular formula is C17H26N4O2. The Labute approximate surface area is 137 Å². The molecule has 0 bridgehead atoms. The van der Waals surface area contributed by atoms with Gasteiger partial charge in [0.15, 0.2) is 0 Å². The number of aliphatic hydroxyl groups is 1. The highest BCUT2D eigenvalue weighted by molar-refractivity contribution is 5.73. The molecule has 23 heavy (non-hydrogen) atoms. The predicted molar refractivity (Wildman–Crippen MR) is 89.3 cm³/mol. The molecule has 3 rings (SSSR count). The summed E-state index contributed by atoms with van der Waals surface area (Å²) in [6, 6.07) is 3.78. The average molecular weight is 318 g/mol. The number of rotatable bonds is 5. The van der Waals surface area contributed by atoms with E-state index in [4.69, 9.17) is 0 Å². The Morgan fingerprint density at radius 3 is 2.57 bits per heavy atom. The quantitative estimate of drug-likeness (QED) is 0.773. The van der Waals surface area contributed by atoms with Crippen LogP contribution in [0.5, 0.6) is 0 Å². The fourth-order valence-electron chi connectivity index (χ4n) is 3.35. The van der Waals surface area contributed by atoms with Gasteiger partial charge in [-0.1, -0.05) is 18.9 Å². The molecule has 0 unspecified atom stereocenters. The summed E-state index contributed by atoms with van der Waals surface area (Å²) in [6.07, 6.45) is 7.90. The Morgan fingerprint density at radius 2 is 1.91 bits per heavy atom. The Balaban J connectivity index is 1.41. The summed E-state index contributed by atoms with van der Waals surface area (Å²) >= 11 is 0. The van der Waals surface area contributed by atoms with Crippen molar-refractivity contribution in [2.24, 2.45) is 0 Å². The fraction of sp³-hybridized carbons (Fsp3) is 0.647. The van der Waals surface area contributed by atoms with Crippen LogP contribution >= 0.6 is 0 Å². The summed E-state index contributed by atoms with van der Waals surface area (Å²) in [6.45, 7) is 2.92. The summed E-state index contributed by atoms with van der Waals surface area (Å²) in [4.78, 5) is 18.6. The third-order valence-electron chi connectivity index (χ3n) is 4.80. The number of aromatic nitrogens is 1. The number of hydrogen-bond acceptors (Lipinski definition) is 4. The van der Waals surface area contributed by atoms with E-state index in [1.807, 2.05) is 18.3 Å². The number of nitrogens with zero attached hydrogens (tertiary/aromatic N) is 2. The molecule has 0 atom stereocenters. The highest BCUT2D eigenvalue weighted by atomic mass is 16.3. The zero-order chi connectivity index (χ0) is 16.1. The van der Waals surface area contributed by atoms with Crippen LogP contribution in [0.15, 0.2) is 18.3 Å². The topological polar surface area (TPSA) is 77.5 Å². The van der Waals surface area contributed by atoms with Gasteiger partial charge in [-0.3, -0.25) is 0 Å². The molecule has 6 heteroatoms. The summed E-state index contributed by atoms with van der Waals surface area (Å²) in [5.74, 6) is 1.01. The van der Waals surface area contributed by atoms with Gasteiger partial charge in [-0.05, 0) is 37.3 Å². The van der Waals surface area contributed by atoms with Crippen LogP contribution in [0, 0.1) is 0 Å². The number of pyridine rings is 1. The van der Waals surface area contributed by atoms with Gasteiger partial charge in [0, 0.05) is 32.4 Å². The Hall–Kier alpha value is -1.82. The zero-order valence-electron chi connectivity index (χ0n) is 13.6. The lowest BCUT2D eigenvalue weighted by molar-refractivity contribution is 0.0501. The second-order valence-electron chi connectivity index (χ2n) is 6.69. The molecule has 6 nitrogen and oxygen atoms in total. The molecule has 0 aromatic carbocycles. The molecule has 1 saturated heterocycles. The van der Waals surface area contributed by atoms with Gasteiger partial charge in [-0.15, -0.1) is 0 Å². The monoisotopic (exact) mass is 318 g/mol. The molecule has 1 saturated carbocycles. The first-order chi connectivity index (χ1) is 11.1.